The highest BCUT2D eigenvalue weighted by Gasteiger charge is 1.62. The molecule has 0 N–H and O–H groups in total. The summed E-state index contributed by atoms with van der Waals surface area (Å²) in [7, 11) is 7.75. The zero-order valence-corrected chi connectivity index (χ0v) is 7.46. The van der Waals surface area contributed by atoms with Crippen LogP contribution in [-0.4, -0.2) is 38.0 Å². The van der Waals surface area contributed by atoms with E-state index in [1.165, 1.54) is 0 Å². The Morgan fingerprint density at radius 2 is 0.900 bits per heavy atom. The van der Waals surface area contributed by atoms with Crippen molar-refractivity contribution >= 4 is 0 Å². The molecule has 0 atom stereocenters. The molecule has 60 valence electrons. The minimum Gasteiger partial charge on any atom is -0.384 e. The topological polar surface area (TPSA) is 6.48 Å². The molecule has 0 amide bonds. The SMILES string of the molecule is C=CN(C)C.C=CN(C)C. The minimum atomic E-state index is 1.75. The molecule has 0 rings (SSSR count). The summed E-state index contributed by atoms with van der Waals surface area (Å²) in [6, 6.07) is 0. The van der Waals surface area contributed by atoms with Crippen LogP contribution < -0.4 is 0 Å². The number of hydrogen-bond acceptors (Lipinski definition) is 2. The van der Waals surface area contributed by atoms with Gasteiger partial charge >= 0.3 is 0 Å². The standard InChI is InChI=1S/2C4H9N/c2*1-4-5(2)3/h2*4H,1H2,2-3H3. The van der Waals surface area contributed by atoms with Crippen LogP contribution in [0.4, 0.5) is 0 Å². The van der Waals surface area contributed by atoms with Crippen molar-refractivity contribution in [3.63, 3.8) is 0 Å². The van der Waals surface area contributed by atoms with Crippen LogP contribution in [0.15, 0.2) is 25.6 Å². The second-order valence-corrected chi connectivity index (χ2v) is 2.29. The normalized spacial score (nSPS) is 6.80. The Bertz CT molecular complexity index is 73.3. The van der Waals surface area contributed by atoms with Crippen LogP contribution in [0.1, 0.15) is 0 Å². The Balaban J connectivity index is 0. The Labute approximate surface area is 64.4 Å². The van der Waals surface area contributed by atoms with E-state index in [1.807, 2.05) is 38.0 Å². The van der Waals surface area contributed by atoms with Gasteiger partial charge in [-0.1, -0.05) is 13.2 Å². The fourth-order valence-corrected chi connectivity index (χ4v) is 0. The molecule has 0 aliphatic carbocycles. The first-order valence-corrected chi connectivity index (χ1v) is 3.12. The van der Waals surface area contributed by atoms with Crippen LogP contribution in [-0.2, 0) is 0 Å². The molecule has 0 saturated carbocycles. The molecule has 0 spiro atoms. The van der Waals surface area contributed by atoms with Crippen molar-refractivity contribution in [1.29, 1.82) is 0 Å². The lowest BCUT2D eigenvalue weighted by atomic mass is 10.9. The highest BCUT2D eigenvalue weighted by atomic mass is 15.0. The number of hydrogen-bond donors (Lipinski definition) is 0. The average molecular weight is 142 g/mol. The Hall–Kier alpha value is -0.920. The third kappa shape index (κ3) is 27.6. The maximum Gasteiger partial charge on any atom is 0.00554 e. The Morgan fingerprint density at radius 1 is 0.800 bits per heavy atom. The van der Waals surface area contributed by atoms with Gasteiger partial charge in [0.25, 0.3) is 0 Å². The highest BCUT2D eigenvalue weighted by molar-refractivity contribution is 4.59. The van der Waals surface area contributed by atoms with Gasteiger partial charge in [-0.15, -0.1) is 0 Å². The molecule has 0 bridgehead atoms. The van der Waals surface area contributed by atoms with E-state index < -0.39 is 0 Å². The summed E-state index contributed by atoms with van der Waals surface area (Å²) in [6.45, 7) is 6.97. The summed E-state index contributed by atoms with van der Waals surface area (Å²) in [6.07, 6.45) is 3.50. The third-order valence-electron chi connectivity index (χ3n) is 0.730. The van der Waals surface area contributed by atoms with Gasteiger partial charge in [0.05, 0.1) is 0 Å². The van der Waals surface area contributed by atoms with Gasteiger partial charge < -0.3 is 9.80 Å². The second kappa shape index (κ2) is 8.08. The molecule has 0 aromatic heterocycles. The van der Waals surface area contributed by atoms with E-state index in [0.29, 0.717) is 0 Å². The van der Waals surface area contributed by atoms with E-state index in [1.54, 1.807) is 12.4 Å². The van der Waals surface area contributed by atoms with Crippen LogP contribution in [0, 0.1) is 0 Å². The molecular weight excluding hydrogens is 124 g/mol. The van der Waals surface area contributed by atoms with Crippen molar-refractivity contribution in [1.82, 2.24) is 9.80 Å². The molecule has 10 heavy (non-hydrogen) atoms. The number of rotatable bonds is 2. The summed E-state index contributed by atoms with van der Waals surface area (Å²) >= 11 is 0. The van der Waals surface area contributed by atoms with Gasteiger partial charge in [0, 0.05) is 28.2 Å². The van der Waals surface area contributed by atoms with Crippen LogP contribution in [0.2, 0.25) is 0 Å². The molecule has 0 unspecified atom stereocenters. The first-order valence-electron chi connectivity index (χ1n) is 3.12. The van der Waals surface area contributed by atoms with Gasteiger partial charge in [-0.25, -0.2) is 0 Å². The van der Waals surface area contributed by atoms with Crippen molar-refractivity contribution in [2.24, 2.45) is 0 Å². The molecular formula is C8H18N2. The van der Waals surface area contributed by atoms with Gasteiger partial charge in [-0.2, -0.15) is 0 Å². The van der Waals surface area contributed by atoms with Crippen molar-refractivity contribution in [2.75, 3.05) is 28.2 Å². The predicted octanol–water partition coefficient (Wildman–Crippen LogP) is 1.38. The maximum atomic E-state index is 3.49. The third-order valence-corrected chi connectivity index (χ3v) is 0.730. The van der Waals surface area contributed by atoms with Gasteiger partial charge in [-0.05, 0) is 12.4 Å². The van der Waals surface area contributed by atoms with E-state index in [4.69, 9.17) is 0 Å². The Kier molecular flexibility index (Phi) is 9.56. The molecule has 2 nitrogen and oxygen atoms in total. The summed E-state index contributed by atoms with van der Waals surface area (Å²) in [4.78, 5) is 3.78. The molecule has 0 aromatic carbocycles. The van der Waals surface area contributed by atoms with Gasteiger partial charge in [-0.3, -0.25) is 0 Å². The average Bonchev–Trinajstić information content (AvgIpc) is 1.89. The summed E-state index contributed by atoms with van der Waals surface area (Å²) in [5, 5.41) is 0. The summed E-state index contributed by atoms with van der Waals surface area (Å²) < 4.78 is 0. The fraction of sp³-hybridized carbons (Fsp3) is 0.500. The summed E-state index contributed by atoms with van der Waals surface area (Å²) in [5.74, 6) is 0. The van der Waals surface area contributed by atoms with E-state index in [2.05, 4.69) is 13.2 Å². The maximum absolute atomic E-state index is 3.49. The molecule has 0 saturated heterocycles. The van der Waals surface area contributed by atoms with Crippen LogP contribution in [0.25, 0.3) is 0 Å². The molecule has 0 heterocycles. The molecule has 2 heteroatoms. The van der Waals surface area contributed by atoms with Crippen molar-refractivity contribution in [3.05, 3.63) is 25.6 Å². The largest absolute Gasteiger partial charge is 0.384 e. The molecule has 0 aromatic rings. The highest BCUT2D eigenvalue weighted by Crippen LogP contribution is 1.65. The zero-order chi connectivity index (χ0) is 8.57. The second-order valence-electron chi connectivity index (χ2n) is 2.29. The fourth-order valence-electron chi connectivity index (χ4n) is 0. The smallest absolute Gasteiger partial charge is 0.00554 e. The minimum absolute atomic E-state index is 1.75. The predicted molar refractivity (Wildman–Crippen MR) is 47.8 cm³/mol. The first kappa shape index (κ1) is 11.8. The van der Waals surface area contributed by atoms with Gasteiger partial charge in [0.1, 0.15) is 0 Å². The van der Waals surface area contributed by atoms with E-state index in [-0.39, 0.29) is 0 Å². The molecule has 0 radical (unpaired) electrons. The Morgan fingerprint density at radius 3 is 0.900 bits per heavy atom. The van der Waals surface area contributed by atoms with Crippen LogP contribution in [0.5, 0.6) is 0 Å². The number of nitrogens with zero attached hydrogens (tertiary/aromatic N) is 2. The lowest BCUT2D eigenvalue weighted by molar-refractivity contribution is 0.566. The van der Waals surface area contributed by atoms with Crippen LogP contribution in [0.3, 0.4) is 0 Å². The lowest BCUT2D eigenvalue weighted by Crippen LogP contribution is -1.97. The lowest BCUT2D eigenvalue weighted by Gasteiger charge is -1.98. The molecule has 0 aliphatic heterocycles. The van der Waals surface area contributed by atoms with Crippen molar-refractivity contribution in [2.45, 2.75) is 0 Å². The van der Waals surface area contributed by atoms with Gasteiger partial charge in [0.2, 0.25) is 0 Å². The van der Waals surface area contributed by atoms with Crippen molar-refractivity contribution < 1.29 is 0 Å². The monoisotopic (exact) mass is 142 g/mol. The summed E-state index contributed by atoms with van der Waals surface area (Å²) in [5.41, 5.74) is 0. The zero-order valence-electron chi connectivity index (χ0n) is 7.46. The first-order chi connectivity index (χ1) is 4.54. The quantitative estimate of drug-likeness (QED) is 0.575. The van der Waals surface area contributed by atoms with E-state index >= 15 is 0 Å². The van der Waals surface area contributed by atoms with Gasteiger partial charge in [0.15, 0.2) is 0 Å². The molecule has 0 aliphatic rings. The molecule has 0 fully saturated rings. The van der Waals surface area contributed by atoms with Crippen LogP contribution >= 0.6 is 0 Å². The van der Waals surface area contributed by atoms with E-state index in [0.717, 1.165) is 0 Å². The van der Waals surface area contributed by atoms with Crippen molar-refractivity contribution in [3.8, 4) is 0 Å². The van der Waals surface area contributed by atoms with E-state index in [9.17, 15) is 0 Å².